The second-order valence-electron chi connectivity index (χ2n) is 7.83. The molecule has 0 N–H and O–H groups in total. The fourth-order valence-electron chi connectivity index (χ4n) is 5.55. The molecular weight excluding hydrogens is 494 g/mol. The number of nitrogens with zero attached hydrogens (tertiary/aromatic N) is 1. The SMILES string of the molecule is O=C1[C@@H]2[C@@H](C(=O)N1c1ccccc1Br)C1c3ccccc3C2(Br)c2ccccc21. The van der Waals surface area contributed by atoms with Crippen molar-refractivity contribution in [1.29, 1.82) is 0 Å². The molecule has 0 spiro atoms. The Hall–Kier alpha value is -2.24. The predicted octanol–water partition coefficient (Wildman–Crippen LogP) is 5.35. The molecule has 4 aliphatic rings. The van der Waals surface area contributed by atoms with E-state index in [4.69, 9.17) is 0 Å². The van der Waals surface area contributed by atoms with Crippen molar-refractivity contribution < 1.29 is 9.59 Å². The molecule has 1 heterocycles. The van der Waals surface area contributed by atoms with E-state index in [0.29, 0.717) is 5.69 Å². The minimum absolute atomic E-state index is 0.115. The number of hydrogen-bond acceptors (Lipinski definition) is 2. The van der Waals surface area contributed by atoms with Gasteiger partial charge < -0.3 is 0 Å². The number of benzene rings is 3. The molecule has 2 atom stereocenters. The normalized spacial score (nSPS) is 28.9. The van der Waals surface area contributed by atoms with Crippen LogP contribution in [0.3, 0.4) is 0 Å². The third-order valence-electron chi connectivity index (χ3n) is 6.61. The van der Waals surface area contributed by atoms with E-state index >= 15 is 0 Å². The van der Waals surface area contributed by atoms with Crippen LogP contribution in [0.5, 0.6) is 0 Å². The molecule has 2 amide bonds. The van der Waals surface area contributed by atoms with Crippen molar-refractivity contribution in [2.24, 2.45) is 11.8 Å². The molecule has 142 valence electrons. The van der Waals surface area contributed by atoms with Crippen molar-refractivity contribution in [3.05, 3.63) is 99.5 Å². The van der Waals surface area contributed by atoms with Gasteiger partial charge in [-0.2, -0.15) is 0 Å². The maximum atomic E-state index is 13.8. The average molecular weight is 509 g/mol. The summed E-state index contributed by atoms with van der Waals surface area (Å²) in [6.45, 7) is 0. The molecule has 1 aliphatic heterocycles. The largest absolute Gasteiger partial charge is 0.274 e. The summed E-state index contributed by atoms with van der Waals surface area (Å²) in [5.41, 5.74) is 5.08. The average Bonchev–Trinajstić information content (AvgIpc) is 3.01. The third-order valence-corrected chi connectivity index (χ3v) is 8.63. The first kappa shape index (κ1) is 17.6. The lowest BCUT2D eigenvalue weighted by Crippen LogP contribution is -2.50. The van der Waals surface area contributed by atoms with Crippen molar-refractivity contribution in [3.63, 3.8) is 0 Å². The Labute approximate surface area is 185 Å². The molecule has 29 heavy (non-hydrogen) atoms. The number of halogens is 2. The smallest absolute Gasteiger partial charge is 0.239 e. The van der Waals surface area contributed by atoms with Gasteiger partial charge in [-0.15, -0.1) is 0 Å². The Morgan fingerprint density at radius 2 is 1.31 bits per heavy atom. The highest BCUT2D eigenvalue weighted by atomic mass is 79.9. The standard InChI is InChI=1S/C24H15Br2NO2/c25-17-11-5-6-12-18(17)27-22(28)20-19-13-7-1-3-9-15(13)24(26,21(20)23(27)29)16-10-4-2-8-14(16)19/h1-12,19-21H/t19?,20-,21-,24?/m0/s1. The van der Waals surface area contributed by atoms with Gasteiger partial charge in [0.2, 0.25) is 11.8 Å². The summed E-state index contributed by atoms with van der Waals surface area (Å²) >= 11 is 7.53. The van der Waals surface area contributed by atoms with E-state index < -0.39 is 16.2 Å². The molecule has 3 aromatic rings. The van der Waals surface area contributed by atoms with Crippen LogP contribution in [0.25, 0.3) is 0 Å². The Bertz CT molecular complexity index is 1170. The molecule has 3 aliphatic carbocycles. The molecule has 3 nitrogen and oxygen atoms in total. The summed E-state index contributed by atoms with van der Waals surface area (Å²) in [6.07, 6.45) is 0. The highest BCUT2D eigenvalue weighted by molar-refractivity contribution is 9.10. The topological polar surface area (TPSA) is 37.4 Å². The quantitative estimate of drug-likeness (QED) is 0.328. The van der Waals surface area contributed by atoms with Crippen LogP contribution in [0.4, 0.5) is 5.69 Å². The lowest BCUT2D eigenvalue weighted by Gasteiger charge is -2.51. The number of anilines is 1. The molecule has 0 saturated carbocycles. The molecule has 0 unspecified atom stereocenters. The van der Waals surface area contributed by atoms with Crippen LogP contribution in [-0.2, 0) is 13.9 Å². The molecule has 3 aromatic carbocycles. The van der Waals surface area contributed by atoms with Gasteiger partial charge in [0.05, 0.1) is 21.8 Å². The zero-order valence-electron chi connectivity index (χ0n) is 15.2. The second-order valence-corrected chi connectivity index (χ2v) is 9.94. The number of alkyl halides is 1. The maximum absolute atomic E-state index is 13.8. The van der Waals surface area contributed by atoms with Gasteiger partial charge in [-0.25, -0.2) is 4.90 Å². The Morgan fingerprint density at radius 1 is 0.759 bits per heavy atom. The minimum atomic E-state index is -0.706. The number of carbonyl (C=O) groups is 2. The fraction of sp³-hybridized carbons (Fsp3) is 0.167. The summed E-state index contributed by atoms with van der Waals surface area (Å²) in [5, 5.41) is 0. The first-order valence-electron chi connectivity index (χ1n) is 9.55. The van der Waals surface area contributed by atoms with Gasteiger partial charge in [-0.3, -0.25) is 9.59 Å². The van der Waals surface area contributed by atoms with Crippen LogP contribution >= 0.6 is 31.9 Å². The first-order valence-corrected chi connectivity index (χ1v) is 11.1. The summed E-state index contributed by atoms with van der Waals surface area (Å²) < 4.78 is 0.0360. The lowest BCUT2D eigenvalue weighted by atomic mass is 9.55. The zero-order chi connectivity index (χ0) is 19.9. The molecule has 2 bridgehead atoms. The van der Waals surface area contributed by atoms with Crippen molar-refractivity contribution >= 4 is 49.4 Å². The van der Waals surface area contributed by atoms with Crippen LogP contribution < -0.4 is 4.90 Å². The van der Waals surface area contributed by atoms with Gasteiger partial charge in [-0.05, 0) is 50.3 Å². The van der Waals surface area contributed by atoms with Gasteiger partial charge >= 0.3 is 0 Å². The lowest BCUT2D eigenvalue weighted by molar-refractivity contribution is -0.122. The highest BCUT2D eigenvalue weighted by Gasteiger charge is 2.67. The van der Waals surface area contributed by atoms with Crippen LogP contribution in [0.2, 0.25) is 0 Å². The van der Waals surface area contributed by atoms with E-state index in [0.717, 1.165) is 26.7 Å². The Kier molecular flexibility index (Phi) is 3.58. The van der Waals surface area contributed by atoms with E-state index in [1.54, 1.807) is 0 Å². The predicted molar refractivity (Wildman–Crippen MR) is 118 cm³/mol. The number of rotatable bonds is 1. The third kappa shape index (κ3) is 2.02. The van der Waals surface area contributed by atoms with Gasteiger partial charge in [0.25, 0.3) is 0 Å². The van der Waals surface area contributed by atoms with Crippen LogP contribution in [-0.4, -0.2) is 11.8 Å². The molecular formula is C24H15Br2NO2. The summed E-state index contributed by atoms with van der Waals surface area (Å²) in [7, 11) is 0. The Morgan fingerprint density at radius 3 is 1.93 bits per heavy atom. The Balaban J connectivity index is 1.64. The monoisotopic (exact) mass is 507 g/mol. The van der Waals surface area contributed by atoms with E-state index in [-0.39, 0.29) is 17.7 Å². The van der Waals surface area contributed by atoms with Crippen molar-refractivity contribution in [3.8, 4) is 0 Å². The fourth-order valence-corrected chi connectivity index (χ4v) is 7.21. The summed E-state index contributed by atoms with van der Waals surface area (Å²) in [4.78, 5) is 28.9. The number of hydrogen-bond donors (Lipinski definition) is 0. The van der Waals surface area contributed by atoms with Crippen molar-refractivity contribution in [1.82, 2.24) is 0 Å². The van der Waals surface area contributed by atoms with E-state index in [2.05, 4.69) is 56.1 Å². The van der Waals surface area contributed by atoms with Crippen molar-refractivity contribution in [2.45, 2.75) is 10.2 Å². The van der Waals surface area contributed by atoms with Gasteiger partial charge in [0, 0.05) is 10.4 Å². The van der Waals surface area contributed by atoms with Crippen LogP contribution in [0.1, 0.15) is 28.2 Å². The zero-order valence-corrected chi connectivity index (χ0v) is 18.4. The minimum Gasteiger partial charge on any atom is -0.274 e. The second kappa shape index (κ2) is 5.89. The van der Waals surface area contributed by atoms with Crippen molar-refractivity contribution in [2.75, 3.05) is 4.90 Å². The maximum Gasteiger partial charge on any atom is 0.239 e. The van der Waals surface area contributed by atoms with E-state index in [1.807, 2.05) is 48.5 Å². The van der Waals surface area contributed by atoms with E-state index in [9.17, 15) is 9.59 Å². The highest BCUT2D eigenvalue weighted by Crippen LogP contribution is 2.66. The first-order chi connectivity index (χ1) is 14.0. The van der Waals surface area contributed by atoms with Crippen LogP contribution in [0.15, 0.2) is 77.3 Å². The molecule has 1 saturated heterocycles. The molecule has 5 heteroatoms. The molecule has 7 rings (SSSR count). The summed E-state index contributed by atoms with van der Waals surface area (Å²) in [6, 6.07) is 23.8. The van der Waals surface area contributed by atoms with Gasteiger partial charge in [-0.1, -0.05) is 76.6 Å². The van der Waals surface area contributed by atoms with Gasteiger partial charge in [0.15, 0.2) is 0 Å². The van der Waals surface area contributed by atoms with Crippen LogP contribution in [0, 0.1) is 11.8 Å². The van der Waals surface area contributed by atoms with E-state index in [1.165, 1.54) is 4.90 Å². The molecule has 0 aromatic heterocycles. The number of carbonyl (C=O) groups excluding carboxylic acids is 2. The number of para-hydroxylation sites is 1. The summed E-state index contributed by atoms with van der Waals surface area (Å²) in [5.74, 6) is -1.27. The molecule has 0 radical (unpaired) electrons. The number of amides is 2. The van der Waals surface area contributed by atoms with Gasteiger partial charge in [0.1, 0.15) is 0 Å². The number of imide groups is 1. The molecule has 1 fully saturated rings.